The van der Waals surface area contributed by atoms with Gasteiger partial charge >= 0.3 is 0 Å². The molecule has 0 atom stereocenters. The lowest BCUT2D eigenvalue weighted by Gasteiger charge is -2.07. The molecule has 1 N–H and O–H groups in total. The number of nitrogens with one attached hydrogen (secondary N) is 1. The maximum absolute atomic E-state index is 4.05. The zero-order valence-corrected chi connectivity index (χ0v) is 10.7. The number of hydrogen-bond donors (Lipinski definition) is 1. The Hall–Kier alpha value is -1.10. The number of aromatic nitrogens is 2. The molecule has 1 aromatic heterocycles. The smallest absolute Gasteiger partial charge is 0.0946 e. The minimum absolute atomic E-state index is 0.759. The SMILES string of the molecule is CN=C/C(Br)=C(\C)NCc1cncn1C. The first-order valence-electron chi connectivity index (χ1n) is 4.62. The van der Waals surface area contributed by atoms with Crippen LogP contribution in [0.25, 0.3) is 0 Å². The van der Waals surface area contributed by atoms with Gasteiger partial charge in [-0.2, -0.15) is 0 Å². The molecular weight excluding hydrogens is 256 g/mol. The fourth-order valence-electron chi connectivity index (χ4n) is 1.07. The highest BCUT2D eigenvalue weighted by Gasteiger charge is 1.99. The average Bonchev–Trinajstić information content (AvgIpc) is 2.61. The molecule has 0 bridgehead atoms. The highest BCUT2D eigenvalue weighted by Crippen LogP contribution is 2.07. The normalized spacial score (nSPS) is 13.1. The van der Waals surface area contributed by atoms with Crippen molar-refractivity contribution >= 4 is 22.1 Å². The summed E-state index contributed by atoms with van der Waals surface area (Å²) in [5.74, 6) is 0. The lowest BCUT2D eigenvalue weighted by molar-refractivity contribution is 0.733. The summed E-state index contributed by atoms with van der Waals surface area (Å²) in [7, 11) is 3.72. The Bertz CT molecular complexity index is 379. The molecule has 0 aromatic carbocycles. The number of imidazole rings is 1. The van der Waals surface area contributed by atoms with E-state index in [1.54, 1.807) is 19.6 Å². The third kappa shape index (κ3) is 3.51. The van der Waals surface area contributed by atoms with Gasteiger partial charge in [0.15, 0.2) is 0 Å². The minimum Gasteiger partial charge on any atom is -0.382 e. The number of nitrogens with zero attached hydrogens (tertiary/aromatic N) is 3. The molecule has 0 unspecified atom stereocenters. The highest BCUT2D eigenvalue weighted by molar-refractivity contribution is 9.12. The van der Waals surface area contributed by atoms with Crippen molar-refractivity contribution < 1.29 is 0 Å². The molecule has 0 spiro atoms. The molecule has 0 saturated carbocycles. The molecular formula is C10H15BrN4. The third-order valence-electron chi connectivity index (χ3n) is 2.05. The van der Waals surface area contributed by atoms with Gasteiger partial charge in [-0.1, -0.05) is 0 Å². The van der Waals surface area contributed by atoms with E-state index >= 15 is 0 Å². The Balaban J connectivity index is 2.58. The van der Waals surface area contributed by atoms with Crippen molar-refractivity contribution in [3.05, 3.63) is 28.4 Å². The van der Waals surface area contributed by atoms with Crippen LogP contribution in [0.2, 0.25) is 0 Å². The summed E-state index contributed by atoms with van der Waals surface area (Å²) in [5.41, 5.74) is 2.20. The van der Waals surface area contributed by atoms with Crippen molar-refractivity contribution in [2.75, 3.05) is 7.05 Å². The summed E-state index contributed by atoms with van der Waals surface area (Å²) >= 11 is 3.43. The number of rotatable bonds is 4. The van der Waals surface area contributed by atoms with Crippen LogP contribution >= 0.6 is 15.9 Å². The first-order valence-corrected chi connectivity index (χ1v) is 5.42. The summed E-state index contributed by atoms with van der Waals surface area (Å²) < 4.78 is 2.95. The van der Waals surface area contributed by atoms with Crippen molar-refractivity contribution in [3.8, 4) is 0 Å². The Morgan fingerprint density at radius 3 is 3.00 bits per heavy atom. The molecule has 0 amide bonds. The first-order chi connectivity index (χ1) is 7.15. The first kappa shape index (κ1) is 12.0. The highest BCUT2D eigenvalue weighted by atomic mass is 79.9. The molecule has 4 nitrogen and oxygen atoms in total. The standard InChI is InChI=1S/C10H15BrN4/c1-8(10(11)6-12-2)14-5-9-4-13-7-15(9)3/h4,6-7,14H,5H2,1-3H3/b10-8-,12-6?. The Labute approximate surface area is 98.2 Å². The van der Waals surface area contributed by atoms with Gasteiger partial charge in [0.25, 0.3) is 0 Å². The number of allylic oxidation sites excluding steroid dienone is 2. The van der Waals surface area contributed by atoms with Crippen molar-refractivity contribution in [2.45, 2.75) is 13.5 Å². The summed E-state index contributed by atoms with van der Waals surface area (Å²) in [5, 5.41) is 3.29. The van der Waals surface area contributed by atoms with Crippen molar-refractivity contribution in [1.29, 1.82) is 0 Å². The minimum atomic E-state index is 0.759. The van der Waals surface area contributed by atoms with Gasteiger partial charge in [0.2, 0.25) is 0 Å². The van der Waals surface area contributed by atoms with Gasteiger partial charge in [0.05, 0.1) is 23.0 Å². The maximum atomic E-state index is 4.05. The van der Waals surface area contributed by atoms with Crippen LogP contribution in [0.4, 0.5) is 0 Å². The van der Waals surface area contributed by atoms with Gasteiger partial charge in [-0.15, -0.1) is 0 Å². The molecule has 0 fully saturated rings. The molecule has 1 aromatic rings. The van der Waals surface area contributed by atoms with Crippen molar-refractivity contribution in [1.82, 2.24) is 14.9 Å². The lowest BCUT2D eigenvalue weighted by Crippen LogP contribution is -2.14. The molecule has 0 saturated heterocycles. The van der Waals surface area contributed by atoms with E-state index in [1.165, 1.54) is 0 Å². The topological polar surface area (TPSA) is 42.2 Å². The lowest BCUT2D eigenvalue weighted by atomic mass is 10.4. The average molecular weight is 271 g/mol. The van der Waals surface area contributed by atoms with Crippen LogP contribution in [-0.4, -0.2) is 22.8 Å². The zero-order chi connectivity index (χ0) is 11.3. The molecule has 1 heterocycles. The van der Waals surface area contributed by atoms with E-state index in [2.05, 4.69) is 31.2 Å². The molecule has 0 aliphatic rings. The second kappa shape index (κ2) is 5.70. The molecule has 82 valence electrons. The van der Waals surface area contributed by atoms with Gasteiger partial charge < -0.3 is 9.88 Å². The number of aliphatic imine (C=N–C) groups is 1. The molecule has 5 heteroatoms. The number of halogens is 1. The number of aryl methyl sites for hydroxylation is 1. The largest absolute Gasteiger partial charge is 0.382 e. The van der Waals surface area contributed by atoms with Gasteiger partial charge in [-0.25, -0.2) is 4.98 Å². The summed E-state index contributed by atoms with van der Waals surface area (Å²) in [6.45, 7) is 2.76. The quantitative estimate of drug-likeness (QED) is 0.849. The Morgan fingerprint density at radius 2 is 2.47 bits per heavy atom. The molecule has 15 heavy (non-hydrogen) atoms. The van der Waals surface area contributed by atoms with Crippen LogP contribution in [0, 0.1) is 0 Å². The van der Waals surface area contributed by atoms with Crippen LogP contribution in [0.15, 0.2) is 27.7 Å². The van der Waals surface area contributed by atoms with E-state index in [-0.39, 0.29) is 0 Å². The molecule has 0 aliphatic heterocycles. The van der Waals surface area contributed by atoms with Crippen LogP contribution in [0.3, 0.4) is 0 Å². The predicted octanol–water partition coefficient (Wildman–Crippen LogP) is 1.84. The van der Waals surface area contributed by atoms with Crippen LogP contribution in [-0.2, 0) is 13.6 Å². The van der Waals surface area contributed by atoms with Crippen LogP contribution in [0.5, 0.6) is 0 Å². The molecule has 1 rings (SSSR count). The van der Waals surface area contributed by atoms with E-state index < -0.39 is 0 Å². The maximum Gasteiger partial charge on any atom is 0.0946 e. The van der Waals surface area contributed by atoms with Crippen molar-refractivity contribution in [3.63, 3.8) is 0 Å². The number of hydrogen-bond acceptors (Lipinski definition) is 3. The van der Waals surface area contributed by atoms with Gasteiger partial charge in [-0.05, 0) is 22.9 Å². The molecule has 0 aliphatic carbocycles. The van der Waals surface area contributed by atoms with E-state index in [1.807, 2.05) is 24.7 Å². The van der Waals surface area contributed by atoms with E-state index in [4.69, 9.17) is 0 Å². The van der Waals surface area contributed by atoms with Crippen molar-refractivity contribution in [2.24, 2.45) is 12.0 Å². The second-order valence-electron chi connectivity index (χ2n) is 3.21. The van der Waals surface area contributed by atoms with Gasteiger partial charge in [0, 0.05) is 32.2 Å². The summed E-state index contributed by atoms with van der Waals surface area (Å²) in [4.78, 5) is 7.98. The Morgan fingerprint density at radius 1 is 1.73 bits per heavy atom. The summed E-state index contributed by atoms with van der Waals surface area (Å²) in [6.07, 6.45) is 5.41. The van der Waals surface area contributed by atoms with Gasteiger partial charge in [-0.3, -0.25) is 4.99 Å². The fraction of sp³-hybridized carbons (Fsp3) is 0.400. The van der Waals surface area contributed by atoms with E-state index in [9.17, 15) is 0 Å². The zero-order valence-electron chi connectivity index (χ0n) is 9.16. The molecule has 0 radical (unpaired) electrons. The second-order valence-corrected chi connectivity index (χ2v) is 4.06. The third-order valence-corrected chi connectivity index (χ3v) is 2.85. The monoisotopic (exact) mass is 270 g/mol. The predicted molar refractivity (Wildman–Crippen MR) is 66.1 cm³/mol. The van der Waals surface area contributed by atoms with E-state index in [0.29, 0.717) is 0 Å². The Kier molecular flexibility index (Phi) is 4.55. The van der Waals surface area contributed by atoms with E-state index in [0.717, 1.165) is 22.4 Å². The van der Waals surface area contributed by atoms with Crippen LogP contribution in [0.1, 0.15) is 12.6 Å². The van der Waals surface area contributed by atoms with Crippen LogP contribution < -0.4 is 5.32 Å². The fourth-order valence-corrected chi connectivity index (χ4v) is 1.42. The van der Waals surface area contributed by atoms with Gasteiger partial charge in [0.1, 0.15) is 0 Å². The summed E-state index contributed by atoms with van der Waals surface area (Å²) in [6, 6.07) is 0.